The first-order chi connectivity index (χ1) is 16.2. The lowest BCUT2D eigenvalue weighted by atomic mass is 9.82. The molecule has 0 saturated carbocycles. The fraction of sp³-hybridized carbons (Fsp3) is 0.615. The Labute approximate surface area is 207 Å². The minimum absolute atomic E-state index is 0.00780. The van der Waals surface area contributed by atoms with E-state index >= 15 is 0 Å². The summed E-state index contributed by atoms with van der Waals surface area (Å²) in [6.45, 7) is 13.9. The van der Waals surface area contributed by atoms with Crippen molar-refractivity contribution >= 4 is 23.9 Å². The zero-order chi connectivity index (χ0) is 27.0. The Kier molecular flexibility index (Phi) is 11.4. The Morgan fingerprint density at radius 3 is 1.77 bits per heavy atom. The molecule has 9 heteroatoms. The van der Waals surface area contributed by atoms with Gasteiger partial charge in [-0.15, -0.1) is 0 Å². The van der Waals surface area contributed by atoms with E-state index in [1.807, 2.05) is 27.7 Å². The molecule has 196 valence electrons. The lowest BCUT2D eigenvalue weighted by Crippen LogP contribution is -2.40. The maximum atomic E-state index is 12.7. The second-order valence-corrected chi connectivity index (χ2v) is 9.78. The molecule has 3 N–H and O–H groups in total. The van der Waals surface area contributed by atoms with E-state index in [0.29, 0.717) is 5.56 Å². The first-order valence-electron chi connectivity index (χ1n) is 11.9. The van der Waals surface area contributed by atoms with Crippen LogP contribution < -0.4 is 15.2 Å². The summed E-state index contributed by atoms with van der Waals surface area (Å²) in [5.74, 6) is -4.75. The van der Waals surface area contributed by atoms with E-state index in [-0.39, 0.29) is 29.9 Å². The van der Waals surface area contributed by atoms with Gasteiger partial charge in [0.15, 0.2) is 11.5 Å². The van der Waals surface area contributed by atoms with Crippen LogP contribution in [0.15, 0.2) is 18.2 Å². The van der Waals surface area contributed by atoms with Crippen molar-refractivity contribution in [3.05, 3.63) is 23.8 Å². The van der Waals surface area contributed by atoms with E-state index < -0.39 is 53.6 Å². The van der Waals surface area contributed by atoms with Gasteiger partial charge in [0.1, 0.15) is 6.04 Å². The van der Waals surface area contributed by atoms with Gasteiger partial charge >= 0.3 is 23.9 Å². The summed E-state index contributed by atoms with van der Waals surface area (Å²) in [5.41, 5.74) is 6.44. The minimum atomic E-state index is -1.33. The number of carbonyl (C=O) groups is 4. The molecule has 0 aromatic heterocycles. The zero-order valence-corrected chi connectivity index (χ0v) is 21.9. The van der Waals surface area contributed by atoms with Gasteiger partial charge in [0, 0.05) is 12.8 Å². The molecule has 0 aliphatic heterocycles. The van der Waals surface area contributed by atoms with Crippen LogP contribution in [-0.2, 0) is 23.9 Å². The molecule has 0 amide bonds. The van der Waals surface area contributed by atoms with E-state index in [1.165, 1.54) is 19.1 Å². The predicted octanol–water partition coefficient (Wildman–Crippen LogP) is 3.78. The SMILES string of the molecule is CC(=O)OCC(C)C(c1ccc(OC(=O)C(C)C(C)C)c(OC(=O)C(C)C(C)C)c1)[C@H](N)C(=O)O. The Morgan fingerprint density at radius 2 is 1.34 bits per heavy atom. The Balaban J connectivity index is 3.50. The Hall–Kier alpha value is -2.94. The fourth-order valence-corrected chi connectivity index (χ4v) is 3.24. The van der Waals surface area contributed by atoms with Gasteiger partial charge in [-0.25, -0.2) is 0 Å². The third kappa shape index (κ3) is 8.65. The highest BCUT2D eigenvalue weighted by molar-refractivity contribution is 5.79. The van der Waals surface area contributed by atoms with Gasteiger partial charge < -0.3 is 25.1 Å². The van der Waals surface area contributed by atoms with Crippen LogP contribution in [0, 0.1) is 29.6 Å². The van der Waals surface area contributed by atoms with Gasteiger partial charge in [0.05, 0.1) is 18.4 Å². The van der Waals surface area contributed by atoms with Gasteiger partial charge in [-0.05, 0) is 35.4 Å². The number of aliphatic carboxylic acids is 1. The first kappa shape index (κ1) is 30.1. The van der Waals surface area contributed by atoms with Crippen LogP contribution in [0.3, 0.4) is 0 Å². The molecule has 0 aliphatic carbocycles. The van der Waals surface area contributed by atoms with Crippen LogP contribution in [-0.4, -0.2) is 41.6 Å². The number of benzene rings is 1. The molecule has 35 heavy (non-hydrogen) atoms. The summed E-state index contributed by atoms with van der Waals surface area (Å²) in [6, 6.07) is 3.17. The summed E-state index contributed by atoms with van der Waals surface area (Å²) in [7, 11) is 0. The fourth-order valence-electron chi connectivity index (χ4n) is 3.24. The summed E-state index contributed by atoms with van der Waals surface area (Å²) in [5, 5.41) is 9.59. The molecule has 1 aromatic carbocycles. The number of carboxylic acid groups (broad SMARTS) is 1. The summed E-state index contributed by atoms with van der Waals surface area (Å²) >= 11 is 0. The van der Waals surface area contributed by atoms with Gasteiger partial charge in [0.25, 0.3) is 0 Å². The molecule has 0 saturated heterocycles. The first-order valence-corrected chi connectivity index (χ1v) is 11.9. The third-order valence-electron chi connectivity index (χ3n) is 6.35. The van der Waals surface area contributed by atoms with E-state index in [1.54, 1.807) is 26.8 Å². The second-order valence-electron chi connectivity index (χ2n) is 9.78. The van der Waals surface area contributed by atoms with Gasteiger partial charge in [0.2, 0.25) is 0 Å². The number of nitrogens with two attached hydrogens (primary N) is 1. The topological polar surface area (TPSA) is 142 Å². The molecule has 0 radical (unpaired) electrons. The largest absolute Gasteiger partial charge is 0.480 e. The van der Waals surface area contributed by atoms with Gasteiger partial charge in [-0.2, -0.15) is 0 Å². The summed E-state index contributed by atoms with van der Waals surface area (Å²) in [4.78, 5) is 48.4. The van der Waals surface area contributed by atoms with E-state index in [2.05, 4.69) is 0 Å². The maximum Gasteiger partial charge on any atom is 0.321 e. The van der Waals surface area contributed by atoms with Crippen molar-refractivity contribution in [2.24, 2.45) is 35.3 Å². The summed E-state index contributed by atoms with van der Waals surface area (Å²) < 4.78 is 16.3. The highest BCUT2D eigenvalue weighted by Crippen LogP contribution is 2.36. The smallest absolute Gasteiger partial charge is 0.321 e. The molecule has 0 bridgehead atoms. The van der Waals surface area contributed by atoms with Crippen LogP contribution in [0.4, 0.5) is 0 Å². The third-order valence-corrected chi connectivity index (χ3v) is 6.35. The van der Waals surface area contributed by atoms with Crippen LogP contribution in [0.2, 0.25) is 0 Å². The van der Waals surface area contributed by atoms with Crippen molar-refractivity contribution in [3.63, 3.8) is 0 Å². The monoisotopic (exact) mass is 493 g/mol. The average molecular weight is 494 g/mol. The molecule has 0 aliphatic rings. The maximum absolute atomic E-state index is 12.7. The van der Waals surface area contributed by atoms with Crippen LogP contribution in [0.25, 0.3) is 0 Å². The normalized spacial score (nSPS) is 15.6. The molecule has 1 rings (SSSR count). The Bertz CT molecular complexity index is 911. The molecule has 4 unspecified atom stereocenters. The number of carboxylic acids is 1. The molecular formula is C26H39NO8. The van der Waals surface area contributed by atoms with E-state index in [9.17, 15) is 24.3 Å². The number of esters is 3. The molecule has 0 spiro atoms. The molecule has 5 atom stereocenters. The Morgan fingerprint density at radius 1 is 0.857 bits per heavy atom. The number of rotatable bonds is 12. The van der Waals surface area contributed by atoms with Crippen molar-refractivity contribution in [1.82, 2.24) is 0 Å². The van der Waals surface area contributed by atoms with Crippen LogP contribution >= 0.6 is 0 Å². The van der Waals surface area contributed by atoms with Crippen molar-refractivity contribution in [3.8, 4) is 11.5 Å². The number of ether oxygens (including phenoxy) is 3. The van der Waals surface area contributed by atoms with Crippen LogP contribution in [0.5, 0.6) is 11.5 Å². The second kappa shape index (κ2) is 13.2. The quantitative estimate of drug-likeness (QED) is 0.328. The molecular weight excluding hydrogens is 454 g/mol. The van der Waals surface area contributed by atoms with Crippen molar-refractivity contribution in [1.29, 1.82) is 0 Å². The highest BCUT2D eigenvalue weighted by Gasteiger charge is 2.33. The lowest BCUT2D eigenvalue weighted by molar-refractivity contribution is -0.143. The molecule has 0 heterocycles. The van der Waals surface area contributed by atoms with Crippen LogP contribution in [0.1, 0.15) is 66.9 Å². The number of hydrogen-bond donors (Lipinski definition) is 2. The highest BCUT2D eigenvalue weighted by atomic mass is 16.6. The standard InChI is InChI=1S/C26H39NO8/c1-13(2)16(6)25(31)34-20-10-9-19(11-21(20)35-26(32)17(7)14(3)4)22(23(27)24(29)30)15(5)12-33-18(8)28/h9-11,13-17,22-23H,12,27H2,1-8H3,(H,29,30)/t15?,16?,17?,22?,23-/m0/s1. The lowest BCUT2D eigenvalue weighted by Gasteiger charge is -2.28. The molecule has 0 fully saturated rings. The number of hydrogen-bond acceptors (Lipinski definition) is 8. The van der Waals surface area contributed by atoms with E-state index in [0.717, 1.165) is 0 Å². The van der Waals surface area contributed by atoms with Crippen molar-refractivity contribution in [2.75, 3.05) is 6.61 Å². The molecule has 1 aromatic rings. The summed E-state index contributed by atoms with van der Waals surface area (Å²) in [6.07, 6.45) is 0. The predicted molar refractivity (Wildman–Crippen MR) is 130 cm³/mol. The molecule has 9 nitrogen and oxygen atoms in total. The number of carbonyl (C=O) groups excluding carboxylic acids is 3. The van der Waals surface area contributed by atoms with Crippen molar-refractivity contribution < 1.29 is 38.5 Å². The zero-order valence-electron chi connectivity index (χ0n) is 21.9. The van der Waals surface area contributed by atoms with Gasteiger partial charge in [-0.1, -0.05) is 54.5 Å². The average Bonchev–Trinajstić information content (AvgIpc) is 2.77. The van der Waals surface area contributed by atoms with Crippen molar-refractivity contribution in [2.45, 2.75) is 67.3 Å². The van der Waals surface area contributed by atoms with E-state index in [4.69, 9.17) is 19.9 Å². The minimum Gasteiger partial charge on any atom is -0.480 e. The van der Waals surface area contributed by atoms with Gasteiger partial charge in [-0.3, -0.25) is 19.2 Å².